The highest BCUT2D eigenvalue weighted by atomic mass is 19.1. The molecule has 3 fully saturated rings. The van der Waals surface area contributed by atoms with Crippen LogP contribution >= 0.6 is 0 Å². The zero-order valence-corrected chi connectivity index (χ0v) is 27.9. The van der Waals surface area contributed by atoms with Crippen molar-refractivity contribution < 1.29 is 36.9 Å². The molecule has 260 valence electrons. The number of anilines is 1. The number of halogens is 3. The van der Waals surface area contributed by atoms with Crippen LogP contribution < -0.4 is 14.4 Å². The molecule has 3 aliphatic rings. The molecule has 0 radical (unpaired) electrons. The monoisotopic (exact) mass is 679 g/mol. The number of pyridine rings is 1. The Hall–Kier alpha value is -4.23. The third kappa shape index (κ3) is 6.11. The maximum Gasteiger partial charge on any atom is 0.319 e. The number of carbonyl (C=O) groups excluding carboxylic acids is 1. The number of methoxy groups -OCH3 is 2. The molecule has 3 aliphatic heterocycles. The summed E-state index contributed by atoms with van der Waals surface area (Å²) in [5, 5.41) is 1.51. The molecule has 0 saturated carbocycles. The van der Waals surface area contributed by atoms with E-state index in [1.165, 1.54) is 26.5 Å². The lowest BCUT2D eigenvalue weighted by Crippen LogP contribution is -2.43. The van der Waals surface area contributed by atoms with Crippen molar-refractivity contribution in [2.75, 3.05) is 58.7 Å². The van der Waals surface area contributed by atoms with E-state index in [1.807, 2.05) is 11.8 Å². The van der Waals surface area contributed by atoms with Gasteiger partial charge in [0.15, 0.2) is 12.6 Å². The molecule has 2 aromatic carbocycles. The third-order valence-corrected chi connectivity index (χ3v) is 10.2. The van der Waals surface area contributed by atoms with E-state index in [-0.39, 0.29) is 42.5 Å². The van der Waals surface area contributed by atoms with E-state index in [4.69, 9.17) is 23.9 Å². The molecule has 4 aromatic rings. The maximum atomic E-state index is 17.1. The van der Waals surface area contributed by atoms with E-state index in [0.29, 0.717) is 84.2 Å². The largest absolute Gasteiger partial charge is 0.469 e. The summed E-state index contributed by atoms with van der Waals surface area (Å²) in [7, 11) is 2.86. The molecule has 7 rings (SSSR count). The summed E-state index contributed by atoms with van der Waals surface area (Å²) in [6.45, 7) is 3.98. The highest BCUT2D eigenvalue weighted by molar-refractivity contribution is 6.02. The third-order valence-electron chi connectivity index (χ3n) is 10.2. The summed E-state index contributed by atoms with van der Waals surface area (Å²) in [5.41, 5.74) is 0.213. The van der Waals surface area contributed by atoms with E-state index in [0.717, 1.165) is 19.4 Å². The minimum absolute atomic E-state index is 0.0356. The van der Waals surface area contributed by atoms with Crippen LogP contribution in [0.3, 0.4) is 0 Å². The fraction of sp³-hybridized carbons (Fsp3) is 0.500. The topological polar surface area (TPSA) is 99.1 Å². The lowest BCUT2D eigenvalue weighted by molar-refractivity contribution is -0.145. The standard InChI is InChI=1S/C36H40F3N5O5/c1-4-25-28(38)9-8-21-13-24(49-20-46-2)14-26(29(21)25)31-30(39)32-27(16-40-31)33(43-11-5-7-22(17-43)34(45)47-3)42-35(41-32)48-19-36-10-6-12-44(36)18-23(37)15-36/h8-9,13-14,16,22-23H,4-7,10-12,15,17-20H2,1-3H3/t22?,23-,36+/m1/s1. The van der Waals surface area contributed by atoms with Crippen LogP contribution in [0.5, 0.6) is 11.8 Å². The quantitative estimate of drug-likeness (QED) is 0.146. The zero-order chi connectivity index (χ0) is 34.3. The highest BCUT2D eigenvalue weighted by Gasteiger charge is 2.49. The first-order valence-corrected chi connectivity index (χ1v) is 16.8. The molecule has 10 nitrogen and oxygen atoms in total. The predicted octanol–water partition coefficient (Wildman–Crippen LogP) is 6.01. The SMILES string of the molecule is CCc1c(F)ccc2cc(OCOC)cc(-c3ncc4c(N5CCCC(C(=O)OC)C5)nc(OC[C@@]56CCCN5C[C@H](F)C6)nc4c3F)c12. The van der Waals surface area contributed by atoms with Gasteiger partial charge in [-0.3, -0.25) is 14.7 Å². The molecule has 0 spiro atoms. The Balaban J connectivity index is 1.38. The van der Waals surface area contributed by atoms with Crippen molar-refractivity contribution in [3.8, 4) is 23.0 Å². The number of aryl methyl sites for hydroxylation is 1. The minimum Gasteiger partial charge on any atom is -0.469 e. The normalized spacial score (nSPS) is 22.5. The van der Waals surface area contributed by atoms with Gasteiger partial charge < -0.3 is 23.8 Å². The van der Waals surface area contributed by atoms with Crippen LogP contribution in [0.15, 0.2) is 30.5 Å². The van der Waals surface area contributed by atoms with Gasteiger partial charge in [0.1, 0.15) is 41.4 Å². The number of carbonyl (C=O) groups is 1. The van der Waals surface area contributed by atoms with E-state index in [9.17, 15) is 9.18 Å². The molecule has 49 heavy (non-hydrogen) atoms. The number of nitrogens with zero attached hydrogens (tertiary/aromatic N) is 5. The van der Waals surface area contributed by atoms with Gasteiger partial charge >= 0.3 is 12.0 Å². The number of rotatable bonds is 10. The van der Waals surface area contributed by atoms with Crippen LogP contribution in [0.4, 0.5) is 19.0 Å². The van der Waals surface area contributed by atoms with Crippen LogP contribution in [0.25, 0.3) is 32.9 Å². The predicted molar refractivity (Wildman–Crippen MR) is 178 cm³/mol. The smallest absolute Gasteiger partial charge is 0.319 e. The lowest BCUT2D eigenvalue weighted by Gasteiger charge is -2.33. The number of esters is 1. The molecule has 5 heterocycles. The molecule has 2 aromatic heterocycles. The number of ether oxygens (including phenoxy) is 4. The van der Waals surface area contributed by atoms with E-state index in [2.05, 4.69) is 14.9 Å². The summed E-state index contributed by atoms with van der Waals surface area (Å²) in [6, 6.07) is 6.35. The number of fused-ring (bicyclic) bond motifs is 3. The van der Waals surface area contributed by atoms with Crippen molar-refractivity contribution in [3.05, 3.63) is 47.7 Å². The fourth-order valence-electron chi connectivity index (χ4n) is 7.92. The second-order valence-corrected chi connectivity index (χ2v) is 13.2. The molecular formula is C36H40F3N5O5. The van der Waals surface area contributed by atoms with Crippen molar-refractivity contribution in [3.63, 3.8) is 0 Å². The molecule has 0 bridgehead atoms. The minimum atomic E-state index is -0.942. The van der Waals surface area contributed by atoms with Crippen molar-refractivity contribution >= 4 is 33.5 Å². The zero-order valence-electron chi connectivity index (χ0n) is 27.9. The summed E-state index contributed by atoms with van der Waals surface area (Å²) in [5.74, 6) is -1.08. The summed E-state index contributed by atoms with van der Waals surface area (Å²) >= 11 is 0. The van der Waals surface area contributed by atoms with E-state index in [1.54, 1.807) is 18.2 Å². The number of benzene rings is 2. The Morgan fingerprint density at radius 1 is 1.08 bits per heavy atom. The first kappa shape index (κ1) is 33.3. The Labute approximate surface area is 282 Å². The second-order valence-electron chi connectivity index (χ2n) is 13.2. The number of aromatic nitrogens is 3. The van der Waals surface area contributed by atoms with Crippen LogP contribution in [0.1, 0.15) is 44.6 Å². The van der Waals surface area contributed by atoms with Gasteiger partial charge in [0.25, 0.3) is 0 Å². The van der Waals surface area contributed by atoms with Gasteiger partial charge in [0, 0.05) is 44.9 Å². The van der Waals surface area contributed by atoms with Gasteiger partial charge in [-0.15, -0.1) is 0 Å². The van der Waals surface area contributed by atoms with Crippen LogP contribution in [0.2, 0.25) is 0 Å². The van der Waals surface area contributed by atoms with Gasteiger partial charge in [0.05, 0.1) is 24.0 Å². The van der Waals surface area contributed by atoms with Crippen molar-refractivity contribution in [2.24, 2.45) is 5.92 Å². The lowest BCUT2D eigenvalue weighted by atomic mass is 9.94. The van der Waals surface area contributed by atoms with Crippen LogP contribution in [-0.4, -0.2) is 91.3 Å². The first-order chi connectivity index (χ1) is 23.7. The van der Waals surface area contributed by atoms with Gasteiger partial charge in [0.2, 0.25) is 0 Å². The van der Waals surface area contributed by atoms with Gasteiger partial charge in [-0.2, -0.15) is 9.97 Å². The van der Waals surface area contributed by atoms with E-state index < -0.39 is 23.3 Å². The van der Waals surface area contributed by atoms with Crippen molar-refractivity contribution in [1.29, 1.82) is 0 Å². The number of piperidine rings is 1. The number of alkyl halides is 1. The highest BCUT2D eigenvalue weighted by Crippen LogP contribution is 2.42. The van der Waals surface area contributed by atoms with Gasteiger partial charge in [-0.05, 0) is 73.2 Å². The van der Waals surface area contributed by atoms with Gasteiger partial charge in [-0.1, -0.05) is 13.0 Å². The molecule has 1 unspecified atom stereocenters. The second kappa shape index (κ2) is 13.6. The Morgan fingerprint density at radius 3 is 2.73 bits per heavy atom. The van der Waals surface area contributed by atoms with Crippen LogP contribution in [0, 0.1) is 17.6 Å². The average Bonchev–Trinajstić information content (AvgIpc) is 3.65. The number of hydrogen-bond donors (Lipinski definition) is 0. The van der Waals surface area contributed by atoms with Gasteiger partial charge in [-0.25, -0.2) is 13.2 Å². The summed E-state index contributed by atoms with van der Waals surface area (Å²) in [6.07, 6.45) is 4.36. The fourth-order valence-corrected chi connectivity index (χ4v) is 7.92. The Bertz CT molecular complexity index is 1900. The van der Waals surface area contributed by atoms with Crippen LogP contribution in [-0.2, 0) is 20.7 Å². The molecule has 3 saturated heterocycles. The van der Waals surface area contributed by atoms with Crippen molar-refractivity contribution in [1.82, 2.24) is 19.9 Å². The summed E-state index contributed by atoms with van der Waals surface area (Å²) < 4.78 is 68.9. The van der Waals surface area contributed by atoms with Crippen molar-refractivity contribution in [2.45, 2.75) is 57.2 Å². The molecule has 0 amide bonds. The Kier molecular flexibility index (Phi) is 9.23. The molecule has 3 atom stereocenters. The number of hydrogen-bond acceptors (Lipinski definition) is 10. The maximum absolute atomic E-state index is 17.1. The molecule has 0 aliphatic carbocycles. The summed E-state index contributed by atoms with van der Waals surface area (Å²) in [4.78, 5) is 30.5. The van der Waals surface area contributed by atoms with E-state index >= 15 is 8.78 Å². The Morgan fingerprint density at radius 2 is 1.94 bits per heavy atom. The molecule has 13 heteroatoms. The first-order valence-electron chi connectivity index (χ1n) is 16.8. The average molecular weight is 680 g/mol. The molecule has 0 N–H and O–H groups in total. The molecular weight excluding hydrogens is 639 g/mol.